The van der Waals surface area contributed by atoms with Gasteiger partial charge in [-0.25, -0.2) is 8.78 Å². The quantitative estimate of drug-likeness (QED) is 0.799. The monoisotopic (exact) mass is 228 g/mol. The number of aliphatic imine (C=N–C) groups is 1. The van der Waals surface area contributed by atoms with Crippen molar-refractivity contribution < 1.29 is 8.78 Å². The number of hydrogen-bond acceptors (Lipinski definition) is 3. The highest BCUT2D eigenvalue weighted by molar-refractivity contribution is 8.14. The Hall–Kier alpha value is -1.10. The van der Waals surface area contributed by atoms with Gasteiger partial charge in [-0.3, -0.25) is 4.99 Å². The van der Waals surface area contributed by atoms with E-state index in [1.54, 1.807) is 11.8 Å². The third-order valence-corrected chi connectivity index (χ3v) is 2.96. The van der Waals surface area contributed by atoms with Gasteiger partial charge in [0.15, 0.2) is 16.8 Å². The van der Waals surface area contributed by atoms with Crippen LogP contribution in [-0.4, -0.2) is 17.5 Å². The number of amidine groups is 1. The highest BCUT2D eigenvalue weighted by Gasteiger charge is 2.07. The number of thioether (sulfide) groups is 1. The summed E-state index contributed by atoms with van der Waals surface area (Å²) < 4.78 is 25.5. The first-order chi connectivity index (χ1) is 7.25. The van der Waals surface area contributed by atoms with Crippen molar-refractivity contribution in [3.05, 3.63) is 29.8 Å². The summed E-state index contributed by atoms with van der Waals surface area (Å²) in [5.74, 6) is -0.671. The maximum atomic E-state index is 12.9. The van der Waals surface area contributed by atoms with Crippen LogP contribution in [0.25, 0.3) is 0 Å². The average Bonchev–Trinajstić information content (AvgIpc) is 2.25. The lowest BCUT2D eigenvalue weighted by Crippen LogP contribution is -2.13. The van der Waals surface area contributed by atoms with E-state index >= 15 is 0 Å². The van der Waals surface area contributed by atoms with Crippen LogP contribution in [0.4, 0.5) is 14.5 Å². The molecule has 0 spiro atoms. The summed E-state index contributed by atoms with van der Waals surface area (Å²) in [6.07, 6.45) is 1.06. The predicted octanol–water partition coefficient (Wildman–Crippen LogP) is 2.87. The summed E-state index contributed by atoms with van der Waals surface area (Å²) in [4.78, 5) is 4.23. The maximum Gasteiger partial charge on any atom is 0.161 e. The highest BCUT2D eigenvalue weighted by Crippen LogP contribution is 2.18. The number of hydrogen-bond donors (Lipinski definition) is 1. The highest BCUT2D eigenvalue weighted by atomic mass is 32.2. The predicted molar refractivity (Wildman–Crippen MR) is 59.4 cm³/mol. The van der Waals surface area contributed by atoms with Crippen LogP contribution in [0.3, 0.4) is 0 Å². The fourth-order valence-electron chi connectivity index (χ4n) is 1.23. The second kappa shape index (κ2) is 4.61. The molecule has 2 rings (SSSR count). The van der Waals surface area contributed by atoms with Gasteiger partial charge in [0.25, 0.3) is 0 Å². The molecule has 0 saturated carbocycles. The number of halogens is 2. The molecule has 0 atom stereocenters. The van der Waals surface area contributed by atoms with Crippen molar-refractivity contribution >= 4 is 22.6 Å². The SMILES string of the molecule is Fc1ccc(NC2=NCCCS2)cc1F. The molecule has 0 aliphatic carbocycles. The average molecular weight is 228 g/mol. The Kier molecular flexibility index (Phi) is 3.20. The Morgan fingerprint density at radius 1 is 1.27 bits per heavy atom. The van der Waals surface area contributed by atoms with E-state index in [-0.39, 0.29) is 0 Å². The molecule has 15 heavy (non-hydrogen) atoms. The van der Waals surface area contributed by atoms with Crippen LogP contribution in [0.1, 0.15) is 6.42 Å². The van der Waals surface area contributed by atoms with Crippen molar-refractivity contribution in [3.63, 3.8) is 0 Å². The molecule has 80 valence electrons. The molecule has 0 amide bonds. The molecular formula is C10H10F2N2S. The molecule has 0 unspecified atom stereocenters. The van der Waals surface area contributed by atoms with Crippen LogP contribution in [0.15, 0.2) is 23.2 Å². The molecule has 0 aromatic heterocycles. The van der Waals surface area contributed by atoms with Crippen LogP contribution in [0.5, 0.6) is 0 Å². The largest absolute Gasteiger partial charge is 0.335 e. The van der Waals surface area contributed by atoms with E-state index in [0.717, 1.165) is 36.0 Å². The summed E-state index contributed by atoms with van der Waals surface area (Å²) in [6, 6.07) is 3.73. The fraction of sp³-hybridized carbons (Fsp3) is 0.300. The van der Waals surface area contributed by atoms with Crippen molar-refractivity contribution in [3.8, 4) is 0 Å². The van der Waals surface area contributed by atoms with Crippen LogP contribution in [0, 0.1) is 11.6 Å². The number of nitrogens with zero attached hydrogens (tertiary/aromatic N) is 1. The first-order valence-corrected chi connectivity index (χ1v) is 5.63. The molecule has 2 nitrogen and oxygen atoms in total. The summed E-state index contributed by atoms with van der Waals surface area (Å²) in [5, 5.41) is 3.73. The van der Waals surface area contributed by atoms with Crippen LogP contribution in [0.2, 0.25) is 0 Å². The Labute approximate surface area is 90.8 Å². The van der Waals surface area contributed by atoms with Crippen molar-refractivity contribution in [2.75, 3.05) is 17.6 Å². The van der Waals surface area contributed by atoms with Gasteiger partial charge >= 0.3 is 0 Å². The molecule has 1 aromatic carbocycles. The third kappa shape index (κ3) is 2.68. The van der Waals surface area contributed by atoms with Crippen molar-refractivity contribution in [1.29, 1.82) is 0 Å². The molecule has 1 heterocycles. The second-order valence-electron chi connectivity index (χ2n) is 3.14. The molecule has 0 fully saturated rings. The molecule has 1 aromatic rings. The van der Waals surface area contributed by atoms with E-state index in [9.17, 15) is 8.78 Å². The zero-order chi connectivity index (χ0) is 10.7. The lowest BCUT2D eigenvalue weighted by atomic mass is 10.3. The molecule has 1 aliphatic heterocycles. The van der Waals surface area contributed by atoms with E-state index in [2.05, 4.69) is 10.3 Å². The normalized spacial score (nSPS) is 16.0. The summed E-state index contributed by atoms with van der Waals surface area (Å²) in [7, 11) is 0. The van der Waals surface area contributed by atoms with Gasteiger partial charge in [0.05, 0.1) is 0 Å². The smallest absolute Gasteiger partial charge is 0.161 e. The maximum absolute atomic E-state index is 12.9. The van der Waals surface area contributed by atoms with Gasteiger partial charge in [0.2, 0.25) is 0 Å². The topological polar surface area (TPSA) is 24.4 Å². The van der Waals surface area contributed by atoms with Crippen molar-refractivity contribution in [2.24, 2.45) is 4.99 Å². The molecule has 0 radical (unpaired) electrons. The second-order valence-corrected chi connectivity index (χ2v) is 4.23. The molecule has 1 N–H and O–H groups in total. The number of rotatable bonds is 1. The van der Waals surface area contributed by atoms with Gasteiger partial charge in [0, 0.05) is 24.1 Å². The Morgan fingerprint density at radius 3 is 2.80 bits per heavy atom. The van der Waals surface area contributed by atoms with Gasteiger partial charge in [0.1, 0.15) is 0 Å². The van der Waals surface area contributed by atoms with Crippen LogP contribution >= 0.6 is 11.8 Å². The fourth-order valence-corrected chi connectivity index (χ4v) is 2.07. The Morgan fingerprint density at radius 2 is 2.13 bits per heavy atom. The first kappa shape index (κ1) is 10.4. The summed E-state index contributed by atoms with van der Waals surface area (Å²) >= 11 is 1.59. The molecule has 0 saturated heterocycles. The van der Waals surface area contributed by atoms with Crippen molar-refractivity contribution in [2.45, 2.75) is 6.42 Å². The van der Waals surface area contributed by atoms with Crippen molar-refractivity contribution in [1.82, 2.24) is 0 Å². The molecule has 1 aliphatic rings. The molecule has 0 bridgehead atoms. The minimum absolute atomic E-state index is 0.530. The van der Waals surface area contributed by atoms with Crippen LogP contribution < -0.4 is 5.32 Å². The molecular weight excluding hydrogens is 218 g/mol. The third-order valence-electron chi connectivity index (χ3n) is 1.97. The van der Waals surface area contributed by atoms with E-state index in [0.29, 0.717) is 5.69 Å². The van der Waals surface area contributed by atoms with Gasteiger partial charge < -0.3 is 5.32 Å². The minimum atomic E-state index is -0.846. The summed E-state index contributed by atoms with van der Waals surface area (Å²) in [5.41, 5.74) is 0.530. The zero-order valence-corrected chi connectivity index (χ0v) is 8.78. The van der Waals surface area contributed by atoms with Gasteiger partial charge in [-0.15, -0.1) is 0 Å². The summed E-state index contributed by atoms with van der Waals surface area (Å²) in [6.45, 7) is 0.791. The number of anilines is 1. The minimum Gasteiger partial charge on any atom is -0.335 e. The van der Waals surface area contributed by atoms with E-state index in [1.165, 1.54) is 6.07 Å². The Bertz CT molecular complexity index is 393. The Balaban J connectivity index is 2.10. The first-order valence-electron chi connectivity index (χ1n) is 4.65. The number of nitrogens with one attached hydrogen (secondary N) is 1. The molecule has 5 heteroatoms. The van der Waals surface area contributed by atoms with Crippen LogP contribution in [-0.2, 0) is 0 Å². The van der Waals surface area contributed by atoms with E-state index in [1.807, 2.05) is 0 Å². The standard InChI is InChI=1S/C10H10F2N2S/c11-8-3-2-7(6-9(8)12)14-10-13-4-1-5-15-10/h2-3,6H,1,4-5H2,(H,13,14). The van der Waals surface area contributed by atoms with E-state index in [4.69, 9.17) is 0 Å². The van der Waals surface area contributed by atoms with Gasteiger partial charge in [-0.1, -0.05) is 11.8 Å². The van der Waals surface area contributed by atoms with Gasteiger partial charge in [-0.05, 0) is 18.6 Å². The number of benzene rings is 1. The lowest BCUT2D eigenvalue weighted by Gasteiger charge is -2.13. The van der Waals surface area contributed by atoms with Gasteiger partial charge in [-0.2, -0.15) is 0 Å². The lowest BCUT2D eigenvalue weighted by molar-refractivity contribution is 0.509. The zero-order valence-electron chi connectivity index (χ0n) is 7.96. The van der Waals surface area contributed by atoms with E-state index < -0.39 is 11.6 Å².